The SMILES string of the molecule is CC(C)(C)OC(=O)N1CCC(Oc2nc3ccccc3nc2N)C1. The Morgan fingerprint density at radius 1 is 1.25 bits per heavy atom. The molecule has 0 aliphatic carbocycles. The normalized spacial score (nSPS) is 18.0. The Morgan fingerprint density at radius 3 is 2.58 bits per heavy atom. The molecule has 2 heterocycles. The lowest BCUT2D eigenvalue weighted by atomic mass is 10.2. The maximum Gasteiger partial charge on any atom is 0.410 e. The first-order chi connectivity index (χ1) is 11.3. The number of carbonyl (C=O) groups is 1. The van der Waals surface area contributed by atoms with Gasteiger partial charge in [-0.25, -0.2) is 14.8 Å². The van der Waals surface area contributed by atoms with Crippen LogP contribution in [0.5, 0.6) is 5.88 Å². The van der Waals surface area contributed by atoms with Gasteiger partial charge >= 0.3 is 6.09 Å². The number of rotatable bonds is 2. The number of ether oxygens (including phenoxy) is 2. The highest BCUT2D eigenvalue weighted by molar-refractivity contribution is 5.76. The van der Waals surface area contributed by atoms with Gasteiger partial charge in [0.25, 0.3) is 5.88 Å². The quantitative estimate of drug-likeness (QED) is 0.910. The molecule has 1 amide bonds. The van der Waals surface area contributed by atoms with Gasteiger partial charge in [0.2, 0.25) is 0 Å². The molecule has 0 radical (unpaired) electrons. The number of likely N-dealkylation sites (tertiary alicyclic amines) is 1. The number of anilines is 1. The second kappa shape index (κ2) is 6.14. The van der Waals surface area contributed by atoms with E-state index in [9.17, 15) is 4.79 Å². The highest BCUT2D eigenvalue weighted by Crippen LogP contribution is 2.24. The van der Waals surface area contributed by atoms with Crippen LogP contribution in [0.2, 0.25) is 0 Å². The summed E-state index contributed by atoms with van der Waals surface area (Å²) >= 11 is 0. The van der Waals surface area contributed by atoms with Gasteiger partial charge < -0.3 is 20.1 Å². The number of nitrogens with two attached hydrogens (primary N) is 1. The van der Waals surface area contributed by atoms with E-state index in [-0.39, 0.29) is 18.0 Å². The fourth-order valence-corrected chi connectivity index (χ4v) is 2.56. The fraction of sp³-hybridized carbons (Fsp3) is 0.471. The van der Waals surface area contributed by atoms with Gasteiger partial charge in [-0.2, -0.15) is 0 Å². The van der Waals surface area contributed by atoms with Crippen molar-refractivity contribution in [2.75, 3.05) is 18.8 Å². The van der Waals surface area contributed by atoms with Crippen LogP contribution in [0.4, 0.5) is 10.6 Å². The summed E-state index contributed by atoms with van der Waals surface area (Å²) in [7, 11) is 0. The van der Waals surface area contributed by atoms with Crippen molar-refractivity contribution < 1.29 is 14.3 Å². The molecule has 0 spiro atoms. The molecule has 0 bridgehead atoms. The first-order valence-corrected chi connectivity index (χ1v) is 7.99. The summed E-state index contributed by atoms with van der Waals surface area (Å²) in [5, 5.41) is 0. The van der Waals surface area contributed by atoms with E-state index in [2.05, 4.69) is 9.97 Å². The molecule has 7 nitrogen and oxygen atoms in total. The molecule has 128 valence electrons. The minimum atomic E-state index is -0.510. The second-order valence-corrected chi connectivity index (χ2v) is 6.86. The molecular weight excluding hydrogens is 308 g/mol. The lowest BCUT2D eigenvalue weighted by Crippen LogP contribution is -2.36. The maximum absolute atomic E-state index is 12.1. The highest BCUT2D eigenvalue weighted by Gasteiger charge is 2.31. The standard InChI is InChI=1S/C17H22N4O3/c1-17(2,3)24-16(22)21-9-8-11(10-21)23-15-14(18)19-12-6-4-5-7-13(12)20-15/h4-7,11H,8-10H2,1-3H3,(H2,18,19). The van der Waals surface area contributed by atoms with Crippen molar-refractivity contribution in [1.82, 2.24) is 14.9 Å². The average Bonchev–Trinajstić information content (AvgIpc) is 2.95. The van der Waals surface area contributed by atoms with Gasteiger partial charge in [0.15, 0.2) is 5.82 Å². The molecule has 3 rings (SSSR count). The van der Waals surface area contributed by atoms with Crippen molar-refractivity contribution in [3.05, 3.63) is 24.3 Å². The van der Waals surface area contributed by atoms with Gasteiger partial charge in [0, 0.05) is 13.0 Å². The number of amides is 1. The van der Waals surface area contributed by atoms with E-state index in [0.717, 1.165) is 11.0 Å². The van der Waals surface area contributed by atoms with E-state index < -0.39 is 5.60 Å². The largest absolute Gasteiger partial charge is 0.470 e. The van der Waals surface area contributed by atoms with Crippen LogP contribution in [0.25, 0.3) is 11.0 Å². The van der Waals surface area contributed by atoms with Crippen LogP contribution in [0.15, 0.2) is 24.3 Å². The molecule has 1 fully saturated rings. The van der Waals surface area contributed by atoms with Gasteiger partial charge in [0.1, 0.15) is 11.7 Å². The summed E-state index contributed by atoms with van der Waals surface area (Å²) in [5.41, 5.74) is 6.88. The molecule has 7 heteroatoms. The highest BCUT2D eigenvalue weighted by atomic mass is 16.6. The third kappa shape index (κ3) is 3.67. The van der Waals surface area contributed by atoms with Crippen molar-refractivity contribution in [3.8, 4) is 5.88 Å². The number of benzene rings is 1. The zero-order valence-electron chi connectivity index (χ0n) is 14.2. The smallest absolute Gasteiger partial charge is 0.410 e. The van der Waals surface area contributed by atoms with Crippen LogP contribution in [0.3, 0.4) is 0 Å². The van der Waals surface area contributed by atoms with Crippen molar-refractivity contribution in [1.29, 1.82) is 0 Å². The molecule has 1 aliphatic rings. The Hall–Kier alpha value is -2.57. The molecule has 2 N–H and O–H groups in total. The molecule has 1 aromatic carbocycles. The monoisotopic (exact) mass is 330 g/mol. The molecular formula is C17H22N4O3. The summed E-state index contributed by atoms with van der Waals surface area (Å²) in [6.07, 6.45) is 0.203. The molecule has 1 saturated heterocycles. The van der Waals surface area contributed by atoms with Crippen LogP contribution < -0.4 is 10.5 Å². The van der Waals surface area contributed by atoms with Gasteiger partial charge in [-0.1, -0.05) is 12.1 Å². The van der Waals surface area contributed by atoms with E-state index in [1.807, 2.05) is 45.0 Å². The lowest BCUT2D eigenvalue weighted by Gasteiger charge is -2.24. The first kappa shape index (κ1) is 16.3. The van der Waals surface area contributed by atoms with Crippen molar-refractivity contribution >= 4 is 22.9 Å². The lowest BCUT2D eigenvalue weighted by molar-refractivity contribution is 0.0275. The van der Waals surface area contributed by atoms with E-state index >= 15 is 0 Å². The van der Waals surface area contributed by atoms with E-state index in [4.69, 9.17) is 15.2 Å². The van der Waals surface area contributed by atoms with Crippen LogP contribution in [0, 0.1) is 0 Å². The predicted molar refractivity (Wildman–Crippen MR) is 90.8 cm³/mol. The molecule has 1 unspecified atom stereocenters. The number of nitrogens with zero attached hydrogens (tertiary/aromatic N) is 3. The Balaban J connectivity index is 1.67. The molecule has 1 aromatic heterocycles. The molecule has 2 aromatic rings. The van der Waals surface area contributed by atoms with Gasteiger partial charge in [-0.15, -0.1) is 0 Å². The Morgan fingerprint density at radius 2 is 1.92 bits per heavy atom. The van der Waals surface area contributed by atoms with Crippen LogP contribution >= 0.6 is 0 Å². The number of fused-ring (bicyclic) bond motifs is 1. The summed E-state index contributed by atoms with van der Waals surface area (Å²) < 4.78 is 11.3. The fourth-order valence-electron chi connectivity index (χ4n) is 2.56. The van der Waals surface area contributed by atoms with E-state index in [1.54, 1.807) is 4.90 Å². The number of para-hydroxylation sites is 2. The summed E-state index contributed by atoms with van der Waals surface area (Å²) in [6.45, 7) is 6.57. The average molecular weight is 330 g/mol. The Bertz CT molecular complexity index is 757. The number of aromatic nitrogens is 2. The van der Waals surface area contributed by atoms with Crippen LogP contribution in [-0.4, -0.2) is 45.8 Å². The zero-order chi connectivity index (χ0) is 17.3. The molecule has 24 heavy (non-hydrogen) atoms. The van der Waals surface area contributed by atoms with Crippen molar-refractivity contribution in [2.24, 2.45) is 0 Å². The van der Waals surface area contributed by atoms with Crippen LogP contribution in [0.1, 0.15) is 27.2 Å². The third-order valence-corrected chi connectivity index (χ3v) is 3.64. The Labute approximate surface area is 140 Å². The minimum Gasteiger partial charge on any atom is -0.470 e. The van der Waals surface area contributed by atoms with Crippen molar-refractivity contribution in [3.63, 3.8) is 0 Å². The summed E-state index contributed by atoms with van der Waals surface area (Å²) in [5.74, 6) is 0.564. The molecule has 1 aliphatic heterocycles. The number of nitrogen functional groups attached to an aromatic ring is 1. The second-order valence-electron chi connectivity index (χ2n) is 6.86. The van der Waals surface area contributed by atoms with Crippen molar-refractivity contribution in [2.45, 2.75) is 38.9 Å². The summed E-state index contributed by atoms with van der Waals surface area (Å²) in [4.78, 5) is 22.5. The summed E-state index contributed by atoms with van der Waals surface area (Å²) in [6, 6.07) is 7.47. The Kier molecular flexibility index (Phi) is 4.17. The predicted octanol–water partition coefficient (Wildman–Crippen LogP) is 2.60. The topological polar surface area (TPSA) is 90.6 Å². The number of hydrogen-bond donors (Lipinski definition) is 1. The molecule has 0 saturated carbocycles. The number of hydrogen-bond acceptors (Lipinski definition) is 6. The van der Waals surface area contributed by atoms with Gasteiger partial charge in [0.05, 0.1) is 17.6 Å². The van der Waals surface area contributed by atoms with Crippen LogP contribution in [-0.2, 0) is 4.74 Å². The van der Waals surface area contributed by atoms with E-state index in [1.165, 1.54) is 0 Å². The maximum atomic E-state index is 12.1. The molecule has 1 atom stereocenters. The third-order valence-electron chi connectivity index (χ3n) is 3.64. The minimum absolute atomic E-state index is 0.171. The first-order valence-electron chi connectivity index (χ1n) is 7.99. The van der Waals surface area contributed by atoms with Gasteiger partial charge in [-0.05, 0) is 32.9 Å². The van der Waals surface area contributed by atoms with Gasteiger partial charge in [-0.3, -0.25) is 0 Å². The zero-order valence-corrected chi connectivity index (χ0v) is 14.2. The van der Waals surface area contributed by atoms with E-state index in [0.29, 0.717) is 25.4 Å². The number of carbonyl (C=O) groups excluding carboxylic acids is 1.